The molecule has 18 heavy (non-hydrogen) atoms. The van der Waals surface area contributed by atoms with Crippen LogP contribution in [0.3, 0.4) is 0 Å². The van der Waals surface area contributed by atoms with E-state index in [1.54, 1.807) is 0 Å². The minimum absolute atomic E-state index is 0.752. The summed E-state index contributed by atoms with van der Waals surface area (Å²) in [5, 5.41) is 0. The molecule has 0 amide bonds. The first-order chi connectivity index (χ1) is 8.78. The maximum absolute atomic E-state index is 5.74. The van der Waals surface area contributed by atoms with Crippen LogP contribution in [-0.2, 0) is 6.54 Å². The molecule has 0 fully saturated rings. The van der Waals surface area contributed by atoms with E-state index in [1.165, 1.54) is 5.56 Å². The van der Waals surface area contributed by atoms with Crippen molar-refractivity contribution in [2.45, 2.75) is 6.54 Å². The summed E-state index contributed by atoms with van der Waals surface area (Å²) in [4.78, 5) is 2.14. The monoisotopic (exact) mass is 259 g/mol. The molecule has 0 N–H and O–H groups in total. The quantitative estimate of drug-likeness (QED) is 0.647. The number of hydrogen-bond acceptors (Lipinski definition) is 3. The topological polar surface area (TPSA) is 12.5 Å². The third-order valence-corrected chi connectivity index (χ3v) is 3.08. The second-order valence-corrected chi connectivity index (χ2v) is 4.50. The highest BCUT2D eigenvalue weighted by atomic mass is 32.1. The highest BCUT2D eigenvalue weighted by molar-refractivity contribution is 7.80. The van der Waals surface area contributed by atoms with Crippen molar-refractivity contribution in [1.29, 1.82) is 0 Å². The van der Waals surface area contributed by atoms with Crippen molar-refractivity contribution < 1.29 is 4.74 Å². The third kappa shape index (κ3) is 3.79. The van der Waals surface area contributed by atoms with Crippen molar-refractivity contribution >= 4 is 12.6 Å². The summed E-state index contributed by atoms with van der Waals surface area (Å²) in [7, 11) is 2.04. The van der Waals surface area contributed by atoms with Gasteiger partial charge in [0.15, 0.2) is 0 Å². The van der Waals surface area contributed by atoms with Gasteiger partial charge in [-0.2, -0.15) is 12.6 Å². The predicted molar refractivity (Wildman–Crippen MR) is 78.3 cm³/mol. The van der Waals surface area contributed by atoms with E-state index in [4.69, 9.17) is 4.74 Å². The lowest BCUT2D eigenvalue weighted by atomic mass is 10.2. The minimum Gasteiger partial charge on any atom is -0.457 e. The van der Waals surface area contributed by atoms with Crippen LogP contribution in [0.2, 0.25) is 0 Å². The average molecular weight is 259 g/mol. The molecule has 0 aliphatic heterocycles. The van der Waals surface area contributed by atoms with E-state index in [2.05, 4.69) is 29.7 Å². The maximum Gasteiger partial charge on any atom is 0.127 e. The molecule has 0 spiro atoms. The average Bonchev–Trinajstić information content (AvgIpc) is 2.42. The molecule has 0 aromatic heterocycles. The normalized spacial score (nSPS) is 10.6. The smallest absolute Gasteiger partial charge is 0.127 e. The van der Waals surface area contributed by atoms with Gasteiger partial charge in [0.25, 0.3) is 0 Å². The first-order valence-corrected chi connectivity index (χ1v) is 6.52. The van der Waals surface area contributed by atoms with Crippen molar-refractivity contribution in [1.82, 2.24) is 4.90 Å². The van der Waals surface area contributed by atoms with Crippen LogP contribution in [0.4, 0.5) is 0 Å². The lowest BCUT2D eigenvalue weighted by Crippen LogP contribution is -2.15. The van der Waals surface area contributed by atoms with Crippen molar-refractivity contribution in [3.05, 3.63) is 60.2 Å². The Morgan fingerprint density at radius 2 is 1.56 bits per heavy atom. The molecular formula is C15H17NOS. The van der Waals surface area contributed by atoms with Crippen LogP contribution >= 0.6 is 12.6 Å². The second-order valence-electron chi connectivity index (χ2n) is 4.21. The largest absolute Gasteiger partial charge is 0.457 e. The summed E-state index contributed by atoms with van der Waals surface area (Å²) in [6.45, 7) is 0.898. The highest BCUT2D eigenvalue weighted by Gasteiger charge is 2.00. The summed E-state index contributed by atoms with van der Waals surface area (Å²) in [5.41, 5.74) is 1.26. The van der Waals surface area contributed by atoms with Crippen LogP contribution in [0.5, 0.6) is 11.5 Å². The number of rotatable bonds is 5. The van der Waals surface area contributed by atoms with Crippen LogP contribution in [0.1, 0.15) is 5.56 Å². The van der Waals surface area contributed by atoms with E-state index in [0.717, 1.165) is 23.9 Å². The van der Waals surface area contributed by atoms with Crippen molar-refractivity contribution in [3.63, 3.8) is 0 Å². The molecule has 0 radical (unpaired) electrons. The Morgan fingerprint density at radius 3 is 2.17 bits per heavy atom. The molecule has 94 valence electrons. The fraction of sp³-hybridized carbons (Fsp3) is 0.200. The third-order valence-electron chi connectivity index (χ3n) is 2.60. The Balaban J connectivity index is 2.00. The molecule has 0 unspecified atom stereocenters. The van der Waals surface area contributed by atoms with Crippen molar-refractivity contribution in [2.24, 2.45) is 0 Å². The molecule has 2 rings (SSSR count). The van der Waals surface area contributed by atoms with E-state index in [0.29, 0.717) is 0 Å². The Kier molecular flexibility index (Phi) is 4.67. The van der Waals surface area contributed by atoms with Gasteiger partial charge in [0, 0.05) is 12.4 Å². The SMILES string of the molecule is CN(CS)Cc1ccc(Oc2ccccc2)cc1. The lowest BCUT2D eigenvalue weighted by Gasteiger charge is -2.13. The summed E-state index contributed by atoms with van der Waals surface area (Å²) in [6, 6.07) is 17.9. The molecule has 3 heteroatoms. The molecule has 2 aromatic carbocycles. The zero-order valence-electron chi connectivity index (χ0n) is 10.4. The predicted octanol–water partition coefficient (Wildman–Crippen LogP) is 3.80. The Hall–Kier alpha value is -1.45. The fourth-order valence-corrected chi connectivity index (χ4v) is 1.75. The first-order valence-electron chi connectivity index (χ1n) is 5.89. The molecule has 0 aliphatic rings. The number of benzene rings is 2. The van der Waals surface area contributed by atoms with Crippen LogP contribution in [0.25, 0.3) is 0 Å². The molecule has 0 saturated carbocycles. The Labute approximate surface area is 114 Å². The molecule has 0 bridgehead atoms. The van der Waals surface area contributed by atoms with Gasteiger partial charge >= 0.3 is 0 Å². The van der Waals surface area contributed by atoms with Gasteiger partial charge in [-0.15, -0.1) is 0 Å². The molecule has 0 heterocycles. The highest BCUT2D eigenvalue weighted by Crippen LogP contribution is 2.21. The summed E-state index contributed by atoms with van der Waals surface area (Å²) in [6.07, 6.45) is 0. The fourth-order valence-electron chi connectivity index (χ4n) is 1.65. The Morgan fingerprint density at radius 1 is 0.944 bits per heavy atom. The molecule has 2 aromatic rings. The van der Waals surface area contributed by atoms with Gasteiger partial charge in [-0.05, 0) is 36.9 Å². The molecule has 0 saturated heterocycles. The van der Waals surface area contributed by atoms with Crippen LogP contribution < -0.4 is 4.74 Å². The van der Waals surface area contributed by atoms with E-state index in [9.17, 15) is 0 Å². The van der Waals surface area contributed by atoms with Gasteiger partial charge in [0.05, 0.1) is 0 Å². The van der Waals surface area contributed by atoms with Crippen molar-refractivity contribution in [3.8, 4) is 11.5 Å². The van der Waals surface area contributed by atoms with Gasteiger partial charge < -0.3 is 4.74 Å². The van der Waals surface area contributed by atoms with E-state index in [1.807, 2.05) is 49.5 Å². The van der Waals surface area contributed by atoms with E-state index in [-0.39, 0.29) is 0 Å². The van der Waals surface area contributed by atoms with Crippen LogP contribution in [-0.4, -0.2) is 17.8 Å². The minimum atomic E-state index is 0.752. The first kappa shape index (κ1) is 13.0. The number of ether oxygens (including phenoxy) is 1. The van der Waals surface area contributed by atoms with Gasteiger partial charge in [-0.25, -0.2) is 0 Å². The summed E-state index contributed by atoms with van der Waals surface area (Å²) < 4.78 is 5.74. The van der Waals surface area contributed by atoms with Gasteiger partial charge in [0.1, 0.15) is 11.5 Å². The standard InChI is InChI=1S/C15H17NOS/c1-16(12-18)11-13-7-9-15(10-8-13)17-14-5-3-2-4-6-14/h2-10,18H,11-12H2,1H3. The number of thiol groups is 1. The molecule has 0 aliphatic carbocycles. The Bertz CT molecular complexity index is 470. The van der Waals surface area contributed by atoms with Gasteiger partial charge in [-0.3, -0.25) is 4.90 Å². The molecule has 0 atom stereocenters. The van der Waals surface area contributed by atoms with Gasteiger partial charge in [-0.1, -0.05) is 30.3 Å². The van der Waals surface area contributed by atoms with Crippen LogP contribution in [0.15, 0.2) is 54.6 Å². The summed E-state index contributed by atoms with van der Waals surface area (Å²) >= 11 is 4.23. The zero-order chi connectivity index (χ0) is 12.8. The van der Waals surface area contributed by atoms with Crippen molar-refractivity contribution in [2.75, 3.05) is 12.9 Å². The van der Waals surface area contributed by atoms with Crippen LogP contribution in [0, 0.1) is 0 Å². The number of hydrogen-bond donors (Lipinski definition) is 1. The zero-order valence-corrected chi connectivity index (χ0v) is 11.3. The molecule has 2 nitrogen and oxygen atoms in total. The second kappa shape index (κ2) is 6.47. The maximum atomic E-state index is 5.74. The number of nitrogens with zero attached hydrogens (tertiary/aromatic N) is 1. The van der Waals surface area contributed by atoms with E-state index >= 15 is 0 Å². The number of para-hydroxylation sites is 1. The summed E-state index contributed by atoms with van der Waals surface area (Å²) in [5.74, 6) is 2.47. The molecular weight excluding hydrogens is 242 g/mol. The lowest BCUT2D eigenvalue weighted by molar-refractivity contribution is 0.387. The van der Waals surface area contributed by atoms with Gasteiger partial charge in [0.2, 0.25) is 0 Å². The van der Waals surface area contributed by atoms with E-state index < -0.39 is 0 Å².